The number of ether oxygens (including phenoxy) is 1. The first-order valence-corrected chi connectivity index (χ1v) is 7.93. The summed E-state index contributed by atoms with van der Waals surface area (Å²) < 4.78 is 5.69. The van der Waals surface area contributed by atoms with Gasteiger partial charge in [0.2, 0.25) is 0 Å². The quantitative estimate of drug-likeness (QED) is 0.714. The van der Waals surface area contributed by atoms with Crippen molar-refractivity contribution in [3.8, 4) is 0 Å². The summed E-state index contributed by atoms with van der Waals surface area (Å²) in [5.74, 6) is 0. The topological polar surface area (TPSA) is 44.2 Å². The fourth-order valence-electron chi connectivity index (χ4n) is 2.30. The summed E-state index contributed by atoms with van der Waals surface area (Å²) in [5, 5.41) is 0. The van der Waals surface area contributed by atoms with Crippen LogP contribution in [0.15, 0.2) is 0 Å². The molecule has 3 heteroatoms. The van der Waals surface area contributed by atoms with Gasteiger partial charge in [0.1, 0.15) is 0 Å². The van der Waals surface area contributed by atoms with E-state index in [1.165, 1.54) is 25.3 Å². The van der Waals surface area contributed by atoms with E-state index in [4.69, 9.17) is 4.74 Å². The van der Waals surface area contributed by atoms with Gasteiger partial charge in [0.25, 0.3) is 0 Å². The second-order valence-electron chi connectivity index (χ2n) is 3.90. The van der Waals surface area contributed by atoms with Crippen LogP contribution in [0.2, 0.25) is 18.1 Å². The van der Waals surface area contributed by atoms with E-state index in [1.54, 1.807) is 12.1 Å². The molecule has 1 aliphatic heterocycles. The Morgan fingerprint density at radius 3 is 2.77 bits per heavy atom. The van der Waals surface area contributed by atoms with Gasteiger partial charge in [-0.1, -0.05) is 31.9 Å². The van der Waals surface area contributed by atoms with Crippen molar-refractivity contribution in [2.75, 3.05) is 6.61 Å². The second-order valence-corrected chi connectivity index (χ2v) is 7.26. The fourth-order valence-corrected chi connectivity index (χ4v) is 5.80. The highest BCUT2D eigenvalue weighted by molar-refractivity contribution is 6.59. The van der Waals surface area contributed by atoms with Crippen LogP contribution >= 0.6 is 0 Å². The van der Waals surface area contributed by atoms with Crippen molar-refractivity contribution in [3.05, 3.63) is 0 Å². The summed E-state index contributed by atoms with van der Waals surface area (Å²) in [4.78, 5) is 0. The van der Waals surface area contributed by atoms with Crippen LogP contribution < -0.4 is 6.15 Å². The lowest BCUT2D eigenvalue weighted by Gasteiger charge is -2.27. The first-order chi connectivity index (χ1) is 5.86. The fraction of sp³-hybridized carbons (Fsp3) is 1.00. The molecule has 2 unspecified atom stereocenters. The number of hydrogen-bond donors (Lipinski definition) is 1. The SMILES string of the molecule is CCC[SiH]1CCCC(OCC)C1.N. The van der Waals surface area contributed by atoms with Gasteiger partial charge in [-0.2, -0.15) is 0 Å². The van der Waals surface area contributed by atoms with Gasteiger partial charge in [-0.25, -0.2) is 0 Å². The highest BCUT2D eigenvalue weighted by Crippen LogP contribution is 2.24. The van der Waals surface area contributed by atoms with E-state index in [1.807, 2.05) is 0 Å². The highest BCUT2D eigenvalue weighted by atomic mass is 28.3. The van der Waals surface area contributed by atoms with Crippen molar-refractivity contribution >= 4 is 8.80 Å². The van der Waals surface area contributed by atoms with E-state index in [2.05, 4.69) is 13.8 Å². The Kier molecular flexibility index (Phi) is 7.61. The molecule has 13 heavy (non-hydrogen) atoms. The molecule has 2 atom stereocenters. The molecule has 0 bridgehead atoms. The minimum Gasteiger partial charge on any atom is -0.379 e. The van der Waals surface area contributed by atoms with Crippen LogP contribution in [0.3, 0.4) is 0 Å². The van der Waals surface area contributed by atoms with Gasteiger partial charge in [-0.3, -0.25) is 0 Å². The summed E-state index contributed by atoms with van der Waals surface area (Å²) in [6.45, 7) is 5.35. The molecule has 0 aromatic carbocycles. The second kappa shape index (κ2) is 7.53. The summed E-state index contributed by atoms with van der Waals surface area (Å²) in [6, 6.07) is 4.59. The minimum absolute atomic E-state index is 0. The maximum atomic E-state index is 5.69. The van der Waals surface area contributed by atoms with E-state index in [0.29, 0.717) is 6.10 Å². The zero-order chi connectivity index (χ0) is 8.81. The molecule has 3 N–H and O–H groups in total. The first-order valence-electron chi connectivity index (χ1n) is 5.48. The van der Waals surface area contributed by atoms with Gasteiger partial charge in [0.15, 0.2) is 0 Å². The van der Waals surface area contributed by atoms with Gasteiger partial charge in [0.05, 0.1) is 6.10 Å². The van der Waals surface area contributed by atoms with Crippen molar-refractivity contribution in [2.24, 2.45) is 0 Å². The smallest absolute Gasteiger partial charge is 0.0549 e. The van der Waals surface area contributed by atoms with Crippen molar-refractivity contribution in [3.63, 3.8) is 0 Å². The molecule has 1 heterocycles. The normalized spacial score (nSPS) is 28.2. The average Bonchev–Trinajstić information content (AvgIpc) is 2.06. The third-order valence-corrected chi connectivity index (χ3v) is 6.65. The Morgan fingerprint density at radius 1 is 1.38 bits per heavy atom. The van der Waals surface area contributed by atoms with E-state index in [-0.39, 0.29) is 14.9 Å². The van der Waals surface area contributed by atoms with E-state index in [0.717, 1.165) is 6.61 Å². The molecule has 0 saturated carbocycles. The van der Waals surface area contributed by atoms with Crippen molar-refractivity contribution in [2.45, 2.75) is 57.3 Å². The molecular weight excluding hydrogens is 178 g/mol. The molecule has 1 saturated heterocycles. The Hall–Kier alpha value is 0.137. The summed E-state index contributed by atoms with van der Waals surface area (Å²) in [7, 11) is -0.341. The predicted octanol–water partition coefficient (Wildman–Crippen LogP) is 2.98. The third-order valence-electron chi connectivity index (χ3n) is 2.83. The summed E-state index contributed by atoms with van der Waals surface area (Å²) in [5.41, 5.74) is 0. The maximum Gasteiger partial charge on any atom is 0.0549 e. The molecule has 1 rings (SSSR count). The van der Waals surface area contributed by atoms with Crippen molar-refractivity contribution in [1.29, 1.82) is 0 Å². The molecule has 0 radical (unpaired) electrons. The Bertz CT molecular complexity index is 105. The van der Waals surface area contributed by atoms with Gasteiger partial charge in [0, 0.05) is 15.4 Å². The monoisotopic (exact) mass is 203 g/mol. The lowest BCUT2D eigenvalue weighted by atomic mass is 10.2. The maximum absolute atomic E-state index is 5.69. The van der Waals surface area contributed by atoms with Gasteiger partial charge < -0.3 is 10.9 Å². The van der Waals surface area contributed by atoms with Crippen LogP contribution in [0.1, 0.15) is 33.1 Å². The molecule has 1 fully saturated rings. The Morgan fingerprint density at radius 2 is 2.15 bits per heavy atom. The average molecular weight is 203 g/mol. The molecular formula is C10H25NOSi. The molecule has 0 aromatic heterocycles. The van der Waals surface area contributed by atoms with E-state index >= 15 is 0 Å². The van der Waals surface area contributed by atoms with Crippen molar-refractivity contribution < 1.29 is 4.74 Å². The zero-order valence-electron chi connectivity index (χ0n) is 9.22. The first kappa shape index (κ1) is 13.1. The number of rotatable bonds is 4. The van der Waals surface area contributed by atoms with E-state index < -0.39 is 0 Å². The number of hydrogen-bond acceptors (Lipinski definition) is 2. The zero-order valence-corrected chi connectivity index (χ0v) is 10.4. The largest absolute Gasteiger partial charge is 0.379 e. The molecule has 80 valence electrons. The Balaban J connectivity index is 0.00000144. The van der Waals surface area contributed by atoms with Crippen LogP contribution in [-0.4, -0.2) is 21.5 Å². The molecule has 0 aliphatic carbocycles. The van der Waals surface area contributed by atoms with Crippen LogP contribution in [0.4, 0.5) is 0 Å². The van der Waals surface area contributed by atoms with Crippen LogP contribution in [0.25, 0.3) is 0 Å². The van der Waals surface area contributed by atoms with Gasteiger partial charge in [-0.15, -0.1) is 0 Å². The lowest BCUT2D eigenvalue weighted by molar-refractivity contribution is 0.0660. The van der Waals surface area contributed by atoms with E-state index in [9.17, 15) is 0 Å². The highest BCUT2D eigenvalue weighted by Gasteiger charge is 2.22. The predicted molar refractivity (Wildman–Crippen MR) is 61.5 cm³/mol. The molecule has 0 amide bonds. The Labute approximate surface area is 84.2 Å². The van der Waals surface area contributed by atoms with Gasteiger partial charge in [-0.05, 0) is 19.4 Å². The lowest BCUT2D eigenvalue weighted by Crippen LogP contribution is -2.27. The summed E-state index contributed by atoms with van der Waals surface area (Å²) in [6.07, 6.45) is 4.82. The van der Waals surface area contributed by atoms with Crippen molar-refractivity contribution in [1.82, 2.24) is 6.15 Å². The van der Waals surface area contributed by atoms with Crippen LogP contribution in [-0.2, 0) is 4.74 Å². The third kappa shape index (κ3) is 4.79. The summed E-state index contributed by atoms with van der Waals surface area (Å²) >= 11 is 0. The van der Waals surface area contributed by atoms with Crippen LogP contribution in [0, 0.1) is 0 Å². The molecule has 0 spiro atoms. The van der Waals surface area contributed by atoms with Gasteiger partial charge >= 0.3 is 0 Å². The minimum atomic E-state index is -0.341. The molecule has 0 aromatic rings. The molecule has 1 aliphatic rings. The van der Waals surface area contributed by atoms with Crippen LogP contribution in [0.5, 0.6) is 0 Å². The molecule has 2 nitrogen and oxygen atoms in total. The standard InChI is InChI=1S/C10H22OSi.H3N/c1-3-7-12-8-5-6-10(9-12)11-4-2;/h10,12H,3-9H2,1-2H3;1H3.